The van der Waals surface area contributed by atoms with E-state index in [4.69, 9.17) is 11.6 Å². The molecule has 0 fully saturated rings. The van der Waals surface area contributed by atoms with Crippen molar-refractivity contribution in [2.75, 3.05) is 11.4 Å². The summed E-state index contributed by atoms with van der Waals surface area (Å²) in [5, 5.41) is 0.520. The molecule has 1 aliphatic heterocycles. The predicted octanol–water partition coefficient (Wildman–Crippen LogP) is 3.89. The van der Waals surface area contributed by atoms with E-state index in [0.29, 0.717) is 23.7 Å². The summed E-state index contributed by atoms with van der Waals surface area (Å²) in [4.78, 5) is 13.6. The molecule has 0 atom stereocenters. The number of hydrogen-bond acceptors (Lipinski definition) is 1. The zero-order valence-electron chi connectivity index (χ0n) is 10.7. The molecule has 0 spiro atoms. The standard InChI is InChI=1S/C15H15ClFNO/c1-2-3-4-7-14(19)18-10-5-6-11-12(16)8-9-13(17)15(11)18/h2-4,7-9H,5-6,10H2,1H3. The molecule has 0 unspecified atom stereocenters. The van der Waals surface area contributed by atoms with Crippen molar-refractivity contribution >= 4 is 23.2 Å². The number of hydrogen-bond donors (Lipinski definition) is 0. The first-order chi connectivity index (χ1) is 9.15. The molecule has 1 aliphatic rings. The van der Waals surface area contributed by atoms with E-state index in [1.165, 1.54) is 17.0 Å². The van der Waals surface area contributed by atoms with E-state index in [-0.39, 0.29) is 5.91 Å². The first kappa shape index (κ1) is 13.8. The number of halogens is 2. The van der Waals surface area contributed by atoms with Gasteiger partial charge in [0.1, 0.15) is 5.82 Å². The van der Waals surface area contributed by atoms with Crippen LogP contribution in [0.3, 0.4) is 0 Å². The number of amides is 1. The first-order valence-electron chi connectivity index (χ1n) is 6.23. The Morgan fingerprint density at radius 1 is 1.42 bits per heavy atom. The fourth-order valence-electron chi connectivity index (χ4n) is 2.20. The van der Waals surface area contributed by atoms with Crippen molar-refractivity contribution in [3.63, 3.8) is 0 Å². The SMILES string of the molecule is CC=CC=CC(=O)N1CCCc2c(Cl)ccc(F)c21. The van der Waals surface area contributed by atoms with Crippen LogP contribution in [-0.2, 0) is 11.2 Å². The summed E-state index contributed by atoms with van der Waals surface area (Å²) in [6, 6.07) is 2.85. The second kappa shape index (κ2) is 6.02. The van der Waals surface area contributed by atoms with Crippen LogP contribution >= 0.6 is 11.6 Å². The van der Waals surface area contributed by atoms with Crippen molar-refractivity contribution in [3.8, 4) is 0 Å². The Bertz CT molecular complexity index is 551. The van der Waals surface area contributed by atoms with Crippen molar-refractivity contribution in [2.24, 2.45) is 0 Å². The molecule has 1 aromatic rings. The third kappa shape index (κ3) is 2.87. The second-order valence-electron chi connectivity index (χ2n) is 4.33. The molecule has 0 aromatic heterocycles. The van der Waals surface area contributed by atoms with Crippen molar-refractivity contribution in [3.05, 3.63) is 52.8 Å². The van der Waals surface area contributed by atoms with Crippen LogP contribution in [0.1, 0.15) is 18.9 Å². The number of allylic oxidation sites excluding steroid dienone is 3. The van der Waals surface area contributed by atoms with Crippen molar-refractivity contribution in [2.45, 2.75) is 19.8 Å². The number of carbonyl (C=O) groups is 1. The Morgan fingerprint density at radius 2 is 2.21 bits per heavy atom. The predicted molar refractivity (Wildman–Crippen MR) is 76.0 cm³/mol. The molecule has 0 bridgehead atoms. The molecule has 2 nitrogen and oxygen atoms in total. The van der Waals surface area contributed by atoms with Gasteiger partial charge in [-0.25, -0.2) is 4.39 Å². The summed E-state index contributed by atoms with van der Waals surface area (Å²) in [7, 11) is 0. The average molecular weight is 280 g/mol. The van der Waals surface area contributed by atoms with Crippen LogP contribution in [0.4, 0.5) is 10.1 Å². The Kier molecular flexibility index (Phi) is 4.38. The van der Waals surface area contributed by atoms with E-state index < -0.39 is 5.82 Å². The minimum atomic E-state index is -0.396. The highest BCUT2D eigenvalue weighted by molar-refractivity contribution is 6.32. The minimum absolute atomic E-state index is 0.222. The van der Waals surface area contributed by atoms with Gasteiger partial charge in [0.2, 0.25) is 0 Å². The Morgan fingerprint density at radius 3 is 2.95 bits per heavy atom. The molecule has 19 heavy (non-hydrogen) atoms. The van der Waals surface area contributed by atoms with E-state index in [0.717, 1.165) is 12.0 Å². The van der Waals surface area contributed by atoms with Crippen molar-refractivity contribution < 1.29 is 9.18 Å². The lowest BCUT2D eigenvalue weighted by atomic mass is 10.0. The minimum Gasteiger partial charge on any atom is -0.306 e. The molecule has 0 radical (unpaired) electrons. The van der Waals surface area contributed by atoms with E-state index in [1.807, 2.05) is 13.0 Å². The van der Waals surface area contributed by atoms with Gasteiger partial charge in [-0.2, -0.15) is 0 Å². The van der Waals surface area contributed by atoms with Crippen LogP contribution in [-0.4, -0.2) is 12.5 Å². The molecule has 1 aromatic carbocycles. The Balaban J connectivity index is 2.37. The number of fused-ring (bicyclic) bond motifs is 1. The summed E-state index contributed by atoms with van der Waals surface area (Å²) in [5.41, 5.74) is 1.05. The quantitative estimate of drug-likeness (QED) is 0.594. The number of benzene rings is 1. The zero-order chi connectivity index (χ0) is 13.8. The van der Waals surface area contributed by atoms with E-state index in [2.05, 4.69) is 0 Å². The van der Waals surface area contributed by atoms with Crippen LogP contribution in [0, 0.1) is 5.82 Å². The summed E-state index contributed by atoms with van der Waals surface area (Å²) >= 11 is 6.08. The molecule has 0 saturated carbocycles. The topological polar surface area (TPSA) is 20.3 Å². The van der Waals surface area contributed by atoms with Gasteiger partial charge < -0.3 is 4.90 Å². The monoisotopic (exact) mass is 279 g/mol. The van der Waals surface area contributed by atoms with Crippen molar-refractivity contribution in [1.29, 1.82) is 0 Å². The molecule has 0 N–H and O–H groups in total. The van der Waals surface area contributed by atoms with Crippen LogP contribution < -0.4 is 4.90 Å². The Labute approximate surface area is 117 Å². The molecule has 0 saturated heterocycles. The third-order valence-corrected chi connectivity index (χ3v) is 3.42. The number of carbonyl (C=O) groups excluding carboxylic acids is 1. The highest BCUT2D eigenvalue weighted by Gasteiger charge is 2.25. The average Bonchev–Trinajstić information content (AvgIpc) is 2.42. The van der Waals surface area contributed by atoms with Gasteiger partial charge in [0.25, 0.3) is 5.91 Å². The maximum absolute atomic E-state index is 14.0. The summed E-state index contributed by atoms with van der Waals surface area (Å²) < 4.78 is 14.0. The Hall–Kier alpha value is -1.61. The molecule has 100 valence electrons. The lowest BCUT2D eigenvalue weighted by molar-refractivity contribution is -0.114. The first-order valence-corrected chi connectivity index (χ1v) is 6.60. The number of anilines is 1. The van der Waals surface area contributed by atoms with E-state index in [1.54, 1.807) is 18.2 Å². The molecule has 2 rings (SSSR count). The fraction of sp³-hybridized carbons (Fsp3) is 0.267. The molecule has 4 heteroatoms. The maximum Gasteiger partial charge on any atom is 0.251 e. The lowest BCUT2D eigenvalue weighted by Crippen LogP contribution is -2.35. The molecule has 0 aliphatic carbocycles. The van der Waals surface area contributed by atoms with Gasteiger partial charge >= 0.3 is 0 Å². The highest BCUT2D eigenvalue weighted by atomic mass is 35.5. The van der Waals surface area contributed by atoms with Gasteiger partial charge in [0.15, 0.2) is 0 Å². The fourth-order valence-corrected chi connectivity index (χ4v) is 2.44. The van der Waals surface area contributed by atoms with Gasteiger partial charge in [-0.1, -0.05) is 29.8 Å². The van der Waals surface area contributed by atoms with E-state index in [9.17, 15) is 9.18 Å². The zero-order valence-corrected chi connectivity index (χ0v) is 11.5. The van der Waals surface area contributed by atoms with Gasteiger partial charge in [0.05, 0.1) is 5.69 Å². The lowest BCUT2D eigenvalue weighted by Gasteiger charge is -2.29. The molecule has 1 heterocycles. The van der Waals surface area contributed by atoms with Gasteiger partial charge in [-0.3, -0.25) is 4.79 Å². The second-order valence-corrected chi connectivity index (χ2v) is 4.74. The van der Waals surface area contributed by atoms with Crippen LogP contribution in [0.2, 0.25) is 5.02 Å². The smallest absolute Gasteiger partial charge is 0.251 e. The largest absolute Gasteiger partial charge is 0.306 e. The van der Waals surface area contributed by atoms with Crippen molar-refractivity contribution in [1.82, 2.24) is 0 Å². The van der Waals surface area contributed by atoms with E-state index >= 15 is 0 Å². The third-order valence-electron chi connectivity index (χ3n) is 3.06. The van der Waals surface area contributed by atoms with Gasteiger partial charge in [-0.15, -0.1) is 0 Å². The van der Waals surface area contributed by atoms with Crippen LogP contribution in [0.15, 0.2) is 36.4 Å². The summed E-state index contributed by atoms with van der Waals surface area (Å²) in [5.74, 6) is -0.618. The number of rotatable bonds is 2. The summed E-state index contributed by atoms with van der Waals surface area (Å²) in [6.07, 6.45) is 8.17. The van der Waals surface area contributed by atoms with Gasteiger partial charge in [0, 0.05) is 17.6 Å². The molecular formula is C15H15ClFNO. The number of nitrogens with zero attached hydrogens (tertiary/aromatic N) is 1. The maximum atomic E-state index is 14.0. The van der Waals surface area contributed by atoms with Crippen LogP contribution in [0.5, 0.6) is 0 Å². The van der Waals surface area contributed by atoms with Gasteiger partial charge in [-0.05, 0) is 37.5 Å². The normalized spacial score (nSPS) is 15.2. The molecule has 1 amide bonds. The highest BCUT2D eigenvalue weighted by Crippen LogP contribution is 2.35. The molecular weight excluding hydrogens is 265 g/mol. The summed E-state index contributed by atoms with van der Waals surface area (Å²) in [6.45, 7) is 2.38. The van der Waals surface area contributed by atoms with Crippen LogP contribution in [0.25, 0.3) is 0 Å².